The number of fused-ring (bicyclic) bond motifs is 1. The van der Waals surface area contributed by atoms with Crippen LogP contribution in [0.5, 0.6) is 0 Å². The van der Waals surface area contributed by atoms with E-state index >= 15 is 0 Å². The fraction of sp³-hybridized carbons (Fsp3) is 0.467. The van der Waals surface area contributed by atoms with Crippen LogP contribution in [0, 0.1) is 0 Å². The topological polar surface area (TPSA) is 50.3 Å². The summed E-state index contributed by atoms with van der Waals surface area (Å²) in [6.07, 6.45) is 1.05. The van der Waals surface area contributed by atoms with Crippen LogP contribution in [0.4, 0.5) is 11.8 Å². The molecule has 5 heteroatoms. The van der Waals surface area contributed by atoms with Gasteiger partial charge in [0.2, 0.25) is 5.95 Å². The molecule has 1 unspecified atom stereocenters. The lowest BCUT2D eigenvalue weighted by atomic mass is 10.2. The minimum Gasteiger partial charge on any atom is -0.379 e. The third kappa shape index (κ3) is 2.41. The number of para-hydroxylation sites is 1. The first-order chi connectivity index (χ1) is 9.79. The molecule has 1 aliphatic rings. The molecule has 0 saturated carbocycles. The number of hydrogen-bond acceptors (Lipinski definition) is 5. The predicted molar refractivity (Wildman–Crippen MR) is 81.3 cm³/mol. The van der Waals surface area contributed by atoms with Crippen LogP contribution in [0.25, 0.3) is 10.9 Å². The van der Waals surface area contributed by atoms with Crippen molar-refractivity contribution in [3.05, 3.63) is 24.3 Å². The standard InChI is InChI=1S/C15H20N4O/c1-3-16-15-17-13-7-5-4-6-12(13)14(18-15)19(2)11-8-9-20-10-11/h4-7,11H,3,8-10H2,1-2H3,(H,16,17,18). The van der Waals surface area contributed by atoms with Gasteiger partial charge in [0.25, 0.3) is 0 Å². The van der Waals surface area contributed by atoms with Gasteiger partial charge in [-0.1, -0.05) is 12.1 Å². The molecule has 0 spiro atoms. The lowest BCUT2D eigenvalue weighted by molar-refractivity contribution is 0.193. The molecule has 20 heavy (non-hydrogen) atoms. The molecular weight excluding hydrogens is 252 g/mol. The molecule has 1 aromatic carbocycles. The van der Waals surface area contributed by atoms with Crippen molar-refractivity contribution >= 4 is 22.7 Å². The van der Waals surface area contributed by atoms with E-state index in [4.69, 9.17) is 4.74 Å². The molecule has 1 fully saturated rings. The van der Waals surface area contributed by atoms with Crippen LogP contribution < -0.4 is 10.2 Å². The smallest absolute Gasteiger partial charge is 0.225 e. The molecule has 2 aromatic rings. The summed E-state index contributed by atoms with van der Waals surface area (Å²) in [6.45, 7) is 4.46. The quantitative estimate of drug-likeness (QED) is 0.925. The van der Waals surface area contributed by atoms with Crippen molar-refractivity contribution in [1.29, 1.82) is 0 Å². The van der Waals surface area contributed by atoms with E-state index in [1.165, 1.54) is 0 Å². The molecule has 0 aliphatic carbocycles. The Morgan fingerprint density at radius 3 is 2.95 bits per heavy atom. The zero-order valence-corrected chi connectivity index (χ0v) is 12.0. The number of likely N-dealkylation sites (N-methyl/N-ethyl adjacent to an activating group) is 1. The zero-order chi connectivity index (χ0) is 13.9. The Morgan fingerprint density at radius 2 is 2.20 bits per heavy atom. The van der Waals surface area contributed by atoms with Crippen LogP contribution in [0.1, 0.15) is 13.3 Å². The lowest BCUT2D eigenvalue weighted by Crippen LogP contribution is -2.32. The van der Waals surface area contributed by atoms with Crippen LogP contribution in [0.2, 0.25) is 0 Å². The zero-order valence-electron chi connectivity index (χ0n) is 12.0. The molecule has 2 heterocycles. The van der Waals surface area contributed by atoms with E-state index < -0.39 is 0 Å². The summed E-state index contributed by atoms with van der Waals surface area (Å²) in [7, 11) is 2.09. The molecule has 0 bridgehead atoms. The maximum atomic E-state index is 5.49. The van der Waals surface area contributed by atoms with Gasteiger partial charge in [0.05, 0.1) is 18.2 Å². The van der Waals surface area contributed by atoms with Gasteiger partial charge in [-0.15, -0.1) is 0 Å². The second-order valence-electron chi connectivity index (χ2n) is 5.05. The van der Waals surface area contributed by atoms with Crippen molar-refractivity contribution in [2.45, 2.75) is 19.4 Å². The fourth-order valence-corrected chi connectivity index (χ4v) is 2.57. The Balaban J connectivity index is 2.06. The molecule has 3 rings (SSSR count). The van der Waals surface area contributed by atoms with Gasteiger partial charge in [-0.3, -0.25) is 0 Å². The van der Waals surface area contributed by atoms with Gasteiger partial charge in [-0.2, -0.15) is 4.98 Å². The van der Waals surface area contributed by atoms with Gasteiger partial charge in [0, 0.05) is 25.6 Å². The summed E-state index contributed by atoms with van der Waals surface area (Å²) in [5, 5.41) is 4.29. The van der Waals surface area contributed by atoms with Crippen molar-refractivity contribution in [2.75, 3.05) is 37.0 Å². The number of nitrogens with zero attached hydrogens (tertiary/aromatic N) is 3. The molecular formula is C15H20N4O. The van der Waals surface area contributed by atoms with Gasteiger partial charge >= 0.3 is 0 Å². The molecule has 1 atom stereocenters. The number of hydrogen-bond donors (Lipinski definition) is 1. The first-order valence-corrected chi connectivity index (χ1v) is 7.11. The minimum absolute atomic E-state index is 0.391. The van der Waals surface area contributed by atoms with Crippen molar-refractivity contribution < 1.29 is 4.74 Å². The monoisotopic (exact) mass is 272 g/mol. The third-order valence-corrected chi connectivity index (χ3v) is 3.71. The molecule has 1 N–H and O–H groups in total. The summed E-state index contributed by atoms with van der Waals surface area (Å²) in [4.78, 5) is 11.5. The Morgan fingerprint density at radius 1 is 1.35 bits per heavy atom. The van der Waals surface area contributed by atoms with Crippen LogP contribution in [-0.4, -0.2) is 42.8 Å². The van der Waals surface area contributed by atoms with E-state index in [2.05, 4.69) is 33.3 Å². The second kappa shape index (κ2) is 5.63. The number of benzene rings is 1. The summed E-state index contributed by atoms with van der Waals surface area (Å²) in [5.74, 6) is 1.66. The van der Waals surface area contributed by atoms with Crippen molar-refractivity contribution in [3.8, 4) is 0 Å². The predicted octanol–water partition coefficient (Wildman–Crippen LogP) is 2.29. The molecule has 1 saturated heterocycles. The van der Waals surface area contributed by atoms with E-state index in [1.54, 1.807) is 0 Å². The maximum absolute atomic E-state index is 5.49. The molecule has 0 amide bonds. The van der Waals surface area contributed by atoms with Crippen LogP contribution >= 0.6 is 0 Å². The van der Waals surface area contributed by atoms with Gasteiger partial charge in [-0.05, 0) is 25.5 Å². The Kier molecular flexibility index (Phi) is 3.69. The normalized spacial score (nSPS) is 18.4. The molecule has 106 valence electrons. The number of nitrogens with one attached hydrogen (secondary N) is 1. The van der Waals surface area contributed by atoms with Gasteiger partial charge in [0.15, 0.2) is 0 Å². The molecule has 5 nitrogen and oxygen atoms in total. The highest BCUT2D eigenvalue weighted by atomic mass is 16.5. The van der Waals surface area contributed by atoms with E-state index in [0.29, 0.717) is 12.0 Å². The van der Waals surface area contributed by atoms with Crippen LogP contribution in [0.3, 0.4) is 0 Å². The van der Waals surface area contributed by atoms with Gasteiger partial charge in [0.1, 0.15) is 5.82 Å². The van der Waals surface area contributed by atoms with Crippen molar-refractivity contribution in [1.82, 2.24) is 9.97 Å². The first kappa shape index (κ1) is 13.1. The van der Waals surface area contributed by atoms with Crippen LogP contribution in [0.15, 0.2) is 24.3 Å². The highest BCUT2D eigenvalue weighted by Crippen LogP contribution is 2.27. The first-order valence-electron chi connectivity index (χ1n) is 7.11. The maximum Gasteiger partial charge on any atom is 0.225 e. The SMILES string of the molecule is CCNc1nc(N(C)C2CCOC2)c2ccccc2n1. The van der Waals surface area contributed by atoms with E-state index in [1.807, 2.05) is 25.1 Å². The Hall–Kier alpha value is -1.88. The van der Waals surface area contributed by atoms with E-state index in [-0.39, 0.29) is 0 Å². The second-order valence-corrected chi connectivity index (χ2v) is 5.05. The van der Waals surface area contributed by atoms with Gasteiger partial charge in [-0.25, -0.2) is 4.98 Å². The minimum atomic E-state index is 0.391. The van der Waals surface area contributed by atoms with Crippen molar-refractivity contribution in [3.63, 3.8) is 0 Å². The third-order valence-electron chi connectivity index (χ3n) is 3.71. The van der Waals surface area contributed by atoms with Crippen molar-refractivity contribution in [2.24, 2.45) is 0 Å². The van der Waals surface area contributed by atoms with Crippen LogP contribution in [-0.2, 0) is 4.74 Å². The number of aromatic nitrogens is 2. The average Bonchev–Trinajstić information content (AvgIpc) is 3.00. The lowest BCUT2D eigenvalue weighted by Gasteiger charge is -2.25. The number of rotatable bonds is 4. The molecule has 1 aromatic heterocycles. The molecule has 1 aliphatic heterocycles. The van der Waals surface area contributed by atoms with E-state index in [9.17, 15) is 0 Å². The fourth-order valence-electron chi connectivity index (χ4n) is 2.57. The van der Waals surface area contributed by atoms with Gasteiger partial charge < -0.3 is 15.0 Å². The molecule has 0 radical (unpaired) electrons. The number of anilines is 2. The number of ether oxygens (including phenoxy) is 1. The average molecular weight is 272 g/mol. The highest BCUT2D eigenvalue weighted by molar-refractivity contribution is 5.90. The Bertz CT molecular complexity index is 595. The summed E-state index contributed by atoms with van der Waals surface area (Å²) >= 11 is 0. The largest absolute Gasteiger partial charge is 0.379 e. The summed E-state index contributed by atoms with van der Waals surface area (Å²) in [6, 6.07) is 8.53. The highest BCUT2D eigenvalue weighted by Gasteiger charge is 2.23. The summed E-state index contributed by atoms with van der Waals surface area (Å²) in [5.41, 5.74) is 0.971. The summed E-state index contributed by atoms with van der Waals surface area (Å²) < 4.78 is 5.49. The van der Waals surface area contributed by atoms with E-state index in [0.717, 1.165) is 42.9 Å². The Labute approximate surface area is 119 Å².